The van der Waals surface area contributed by atoms with Crippen molar-refractivity contribution in [2.24, 2.45) is 0 Å². The summed E-state index contributed by atoms with van der Waals surface area (Å²) in [6.07, 6.45) is 4.24. The first kappa shape index (κ1) is 15.1. The zero-order chi connectivity index (χ0) is 12.9. The van der Waals surface area contributed by atoms with E-state index in [4.69, 9.17) is 0 Å². The zero-order valence-corrected chi connectivity index (χ0v) is 13.6. The van der Waals surface area contributed by atoms with Crippen molar-refractivity contribution in [1.29, 1.82) is 0 Å². The molecule has 0 saturated heterocycles. The number of rotatable bonds is 6. The number of halogens is 1. The van der Waals surface area contributed by atoms with Crippen LogP contribution in [0.4, 0.5) is 0 Å². The van der Waals surface area contributed by atoms with E-state index in [9.17, 15) is 4.79 Å². The number of hydrogen-bond acceptors (Lipinski definition) is 3. The van der Waals surface area contributed by atoms with E-state index < -0.39 is 0 Å². The van der Waals surface area contributed by atoms with Crippen molar-refractivity contribution in [1.82, 2.24) is 5.32 Å². The molecule has 0 fully saturated rings. The Morgan fingerprint density at radius 2 is 2.18 bits per heavy atom. The van der Waals surface area contributed by atoms with Gasteiger partial charge in [-0.3, -0.25) is 4.79 Å². The molecule has 17 heavy (non-hydrogen) atoms. The minimum Gasteiger partial charge on any atom is -0.350 e. The molecule has 1 amide bonds. The first-order valence-electron chi connectivity index (χ1n) is 5.65. The Morgan fingerprint density at radius 3 is 2.59 bits per heavy atom. The Morgan fingerprint density at radius 1 is 1.53 bits per heavy atom. The van der Waals surface area contributed by atoms with Gasteiger partial charge in [0, 0.05) is 15.8 Å². The summed E-state index contributed by atoms with van der Waals surface area (Å²) < 4.78 is 1.04. The molecule has 0 aliphatic rings. The lowest BCUT2D eigenvalue weighted by Gasteiger charge is -2.29. The normalized spacial score (nSPS) is 11.5. The highest BCUT2D eigenvalue weighted by Gasteiger charge is 2.26. The highest BCUT2D eigenvalue weighted by Crippen LogP contribution is 2.30. The van der Waals surface area contributed by atoms with Gasteiger partial charge < -0.3 is 5.32 Å². The lowest BCUT2D eigenvalue weighted by atomic mass is 10.0. The third-order valence-electron chi connectivity index (χ3n) is 3.12. The standard InChI is InChI=1S/C12H18BrNOS2/c1-4-12(5-2,16-3)8-14-11(15)10-9(13)6-7-17-10/h6-7H,4-5,8H2,1-3H3,(H,14,15). The molecule has 0 radical (unpaired) electrons. The molecule has 1 heterocycles. The molecule has 0 aliphatic carbocycles. The minimum absolute atomic E-state index is 0.0206. The van der Waals surface area contributed by atoms with Crippen molar-refractivity contribution >= 4 is 44.9 Å². The first-order valence-corrected chi connectivity index (χ1v) is 8.54. The molecule has 1 aromatic rings. The smallest absolute Gasteiger partial charge is 0.262 e. The van der Waals surface area contributed by atoms with E-state index in [0.29, 0.717) is 0 Å². The van der Waals surface area contributed by atoms with Crippen molar-refractivity contribution < 1.29 is 4.79 Å². The molecule has 1 aromatic heterocycles. The second kappa shape index (κ2) is 6.81. The van der Waals surface area contributed by atoms with Gasteiger partial charge in [-0.1, -0.05) is 13.8 Å². The van der Waals surface area contributed by atoms with Crippen LogP contribution in [0.15, 0.2) is 15.9 Å². The van der Waals surface area contributed by atoms with Crippen LogP contribution in [-0.2, 0) is 0 Å². The van der Waals surface area contributed by atoms with Gasteiger partial charge in [0.05, 0.1) is 0 Å². The average Bonchev–Trinajstić information content (AvgIpc) is 2.78. The van der Waals surface area contributed by atoms with Crippen molar-refractivity contribution in [2.75, 3.05) is 12.8 Å². The molecule has 1 N–H and O–H groups in total. The summed E-state index contributed by atoms with van der Waals surface area (Å²) in [6, 6.07) is 1.90. The molecule has 5 heteroatoms. The Kier molecular flexibility index (Phi) is 6.03. The number of carbonyl (C=O) groups excluding carboxylic acids is 1. The van der Waals surface area contributed by atoms with Crippen LogP contribution in [0.5, 0.6) is 0 Å². The quantitative estimate of drug-likeness (QED) is 0.845. The Balaban J connectivity index is 2.62. The predicted molar refractivity (Wildman–Crippen MR) is 81.2 cm³/mol. The van der Waals surface area contributed by atoms with Crippen LogP contribution in [0.1, 0.15) is 36.4 Å². The summed E-state index contributed by atoms with van der Waals surface area (Å²) in [4.78, 5) is 12.7. The van der Waals surface area contributed by atoms with Crippen LogP contribution >= 0.6 is 39.0 Å². The summed E-state index contributed by atoms with van der Waals surface area (Å²) in [5, 5.41) is 4.96. The minimum atomic E-state index is 0.0206. The summed E-state index contributed by atoms with van der Waals surface area (Å²) in [5.74, 6) is 0.0206. The third-order valence-corrected chi connectivity index (χ3v) is 6.54. The molecular weight excluding hydrogens is 318 g/mol. The monoisotopic (exact) mass is 335 g/mol. The lowest BCUT2D eigenvalue weighted by Crippen LogP contribution is -2.39. The van der Waals surface area contributed by atoms with Crippen LogP contribution in [0.3, 0.4) is 0 Å². The second-order valence-corrected chi connectivity index (χ2v) is 6.92. The number of thiophene rings is 1. The van der Waals surface area contributed by atoms with Gasteiger partial charge in [-0.05, 0) is 46.5 Å². The van der Waals surface area contributed by atoms with Crippen LogP contribution in [0.2, 0.25) is 0 Å². The SMILES string of the molecule is CCC(CC)(CNC(=O)c1sccc1Br)SC. The summed E-state index contributed by atoms with van der Waals surface area (Å²) in [6.45, 7) is 5.07. The van der Waals surface area contributed by atoms with E-state index in [2.05, 4.69) is 41.3 Å². The molecule has 0 saturated carbocycles. The zero-order valence-electron chi connectivity index (χ0n) is 10.4. The van der Waals surface area contributed by atoms with Gasteiger partial charge in [-0.15, -0.1) is 11.3 Å². The maximum atomic E-state index is 12.0. The first-order chi connectivity index (χ1) is 8.08. The van der Waals surface area contributed by atoms with Gasteiger partial charge in [0.15, 0.2) is 0 Å². The van der Waals surface area contributed by atoms with E-state index in [0.717, 1.165) is 28.7 Å². The van der Waals surface area contributed by atoms with Gasteiger partial charge in [0.25, 0.3) is 5.91 Å². The highest BCUT2D eigenvalue weighted by atomic mass is 79.9. The summed E-state index contributed by atoms with van der Waals surface area (Å²) in [7, 11) is 0. The topological polar surface area (TPSA) is 29.1 Å². The molecule has 0 aliphatic heterocycles. The number of hydrogen-bond donors (Lipinski definition) is 1. The van der Waals surface area contributed by atoms with Gasteiger partial charge in [0.2, 0.25) is 0 Å². The molecule has 96 valence electrons. The van der Waals surface area contributed by atoms with Gasteiger partial charge in [-0.25, -0.2) is 0 Å². The molecule has 2 nitrogen and oxygen atoms in total. The highest BCUT2D eigenvalue weighted by molar-refractivity contribution is 9.10. The van der Waals surface area contributed by atoms with Crippen molar-refractivity contribution in [3.05, 3.63) is 20.8 Å². The Labute approximate surface area is 120 Å². The molecule has 0 spiro atoms. The summed E-state index contributed by atoms with van der Waals surface area (Å²) >= 11 is 6.69. The average molecular weight is 336 g/mol. The van der Waals surface area contributed by atoms with Gasteiger partial charge in [0.1, 0.15) is 4.88 Å². The third kappa shape index (κ3) is 3.73. The number of amides is 1. The van der Waals surface area contributed by atoms with E-state index in [1.165, 1.54) is 11.3 Å². The Bertz CT molecular complexity index is 366. The maximum Gasteiger partial charge on any atom is 0.262 e. The van der Waals surface area contributed by atoms with Gasteiger partial charge >= 0.3 is 0 Å². The van der Waals surface area contributed by atoms with Crippen molar-refractivity contribution in [3.8, 4) is 0 Å². The van der Waals surface area contributed by atoms with Crippen LogP contribution < -0.4 is 5.32 Å². The molecule has 1 rings (SSSR count). The van der Waals surface area contributed by atoms with E-state index in [1.54, 1.807) is 0 Å². The largest absolute Gasteiger partial charge is 0.350 e. The molecule has 0 bridgehead atoms. The fraction of sp³-hybridized carbons (Fsp3) is 0.583. The lowest BCUT2D eigenvalue weighted by molar-refractivity contribution is 0.0952. The van der Waals surface area contributed by atoms with Crippen LogP contribution in [-0.4, -0.2) is 23.5 Å². The molecule has 0 aromatic carbocycles. The van der Waals surface area contributed by atoms with Crippen LogP contribution in [0.25, 0.3) is 0 Å². The molecular formula is C12H18BrNOS2. The fourth-order valence-electron chi connectivity index (χ4n) is 1.64. The van der Waals surface area contributed by atoms with Crippen molar-refractivity contribution in [2.45, 2.75) is 31.4 Å². The van der Waals surface area contributed by atoms with Crippen LogP contribution in [0, 0.1) is 0 Å². The van der Waals surface area contributed by atoms with Gasteiger partial charge in [-0.2, -0.15) is 11.8 Å². The maximum absolute atomic E-state index is 12.0. The second-order valence-electron chi connectivity index (χ2n) is 3.87. The van der Waals surface area contributed by atoms with E-state index in [-0.39, 0.29) is 10.7 Å². The summed E-state index contributed by atoms with van der Waals surface area (Å²) in [5.41, 5.74) is 0. The number of nitrogens with one attached hydrogen (secondary N) is 1. The van der Waals surface area contributed by atoms with E-state index >= 15 is 0 Å². The molecule has 0 atom stereocenters. The number of carbonyl (C=O) groups is 1. The molecule has 0 unspecified atom stereocenters. The Hall–Kier alpha value is -0.000000000000000111. The van der Waals surface area contributed by atoms with E-state index in [1.807, 2.05) is 23.2 Å². The van der Waals surface area contributed by atoms with Crippen molar-refractivity contribution in [3.63, 3.8) is 0 Å². The number of thioether (sulfide) groups is 1. The fourth-order valence-corrected chi connectivity index (χ4v) is 3.90. The predicted octanol–water partition coefficient (Wildman–Crippen LogP) is 4.16.